The number of urea groups is 1. The number of nitriles is 1. The number of benzene rings is 3. The maximum Gasteiger partial charge on any atom is 0.329 e. The van der Waals surface area contributed by atoms with Crippen molar-refractivity contribution in [3.63, 3.8) is 0 Å². The molecule has 18 nitrogen and oxygen atoms in total. The second kappa shape index (κ2) is 15.7. The van der Waals surface area contributed by atoms with Crippen molar-refractivity contribution in [2.75, 3.05) is 67.4 Å². The van der Waals surface area contributed by atoms with E-state index in [1.54, 1.807) is 35.4 Å². The van der Waals surface area contributed by atoms with E-state index in [9.17, 15) is 28.1 Å². The van der Waals surface area contributed by atoms with Gasteiger partial charge in [-0.2, -0.15) is 23.1 Å². The molecule has 10 rings (SSSR count). The zero-order valence-electron chi connectivity index (χ0n) is 36.0. The van der Waals surface area contributed by atoms with Crippen molar-refractivity contribution in [2.24, 2.45) is 12.5 Å². The first-order valence-electron chi connectivity index (χ1n) is 21.6. The number of amides is 3. The smallest absolute Gasteiger partial charge is 0.329 e. The van der Waals surface area contributed by atoms with Gasteiger partial charge in [-0.1, -0.05) is 6.92 Å². The Morgan fingerprint density at radius 2 is 1.80 bits per heavy atom. The number of hydrogen-bond acceptors (Lipinski definition) is 12. The van der Waals surface area contributed by atoms with Crippen molar-refractivity contribution >= 4 is 61.1 Å². The fraction of sp³-hybridized carbons (Fsp3) is 0.455. The molecule has 3 amide bonds. The lowest BCUT2D eigenvalue weighted by Crippen LogP contribution is -2.74. The number of halogens is 2. The molecule has 65 heavy (non-hydrogen) atoms. The van der Waals surface area contributed by atoms with E-state index in [-0.39, 0.29) is 76.2 Å². The minimum atomic E-state index is -4.02. The number of aryl methyl sites for hydroxylation is 1. The van der Waals surface area contributed by atoms with Crippen molar-refractivity contribution in [1.82, 2.24) is 33.9 Å². The lowest BCUT2D eigenvalue weighted by Gasteiger charge is -2.63. The van der Waals surface area contributed by atoms with E-state index in [2.05, 4.69) is 29.9 Å². The molecule has 2 N–H and O–H groups in total. The first-order valence-corrected chi connectivity index (χ1v) is 23.1. The van der Waals surface area contributed by atoms with Crippen LogP contribution in [0.4, 0.5) is 30.8 Å². The summed E-state index contributed by atoms with van der Waals surface area (Å²) in [5.74, 6) is -1.72. The fourth-order valence-electron chi connectivity index (χ4n) is 10.3. The van der Waals surface area contributed by atoms with Gasteiger partial charge in [0.05, 0.1) is 52.4 Å². The van der Waals surface area contributed by atoms with Gasteiger partial charge in [0, 0.05) is 76.6 Å². The predicted molar refractivity (Wildman–Crippen MR) is 235 cm³/mol. The van der Waals surface area contributed by atoms with Gasteiger partial charge in [-0.3, -0.25) is 38.7 Å². The van der Waals surface area contributed by atoms with Crippen LogP contribution in [-0.2, 0) is 26.8 Å². The molecule has 6 heterocycles. The number of hydrogen-bond donors (Lipinski definition) is 2. The van der Waals surface area contributed by atoms with Gasteiger partial charge in [-0.05, 0) is 74.6 Å². The number of aromatic nitrogens is 4. The average Bonchev–Trinajstić information content (AvgIpc) is 3.80. The summed E-state index contributed by atoms with van der Waals surface area (Å²) in [5, 5.41) is 17.5. The molecule has 4 saturated heterocycles. The number of anilines is 3. The lowest BCUT2D eigenvalue weighted by atomic mass is 9.70. The van der Waals surface area contributed by atoms with E-state index >= 15 is 8.78 Å². The third-order valence-corrected chi connectivity index (χ3v) is 15.5. The Morgan fingerprint density at radius 3 is 2.52 bits per heavy atom. The fourth-order valence-corrected chi connectivity index (χ4v) is 11.2. The molecular formula is C44H47F2N11O7S. The first-order chi connectivity index (χ1) is 31.1. The van der Waals surface area contributed by atoms with Gasteiger partial charge in [0.25, 0.3) is 5.56 Å². The largest absolute Gasteiger partial charge is 0.453 e. The number of ether oxygens (including phenoxy) is 2. The highest BCUT2D eigenvalue weighted by Gasteiger charge is 2.55. The van der Waals surface area contributed by atoms with Crippen LogP contribution in [-0.4, -0.2) is 113 Å². The molecule has 5 aliphatic rings. The number of nitrogens with zero attached hydrogens (tertiary/aromatic N) is 9. The van der Waals surface area contributed by atoms with Crippen molar-refractivity contribution in [2.45, 2.75) is 63.1 Å². The summed E-state index contributed by atoms with van der Waals surface area (Å²) in [6.45, 7) is 5.68. The quantitative estimate of drug-likeness (QED) is 0.195. The Hall–Kier alpha value is -6.21. The van der Waals surface area contributed by atoms with Gasteiger partial charge in [0.15, 0.2) is 17.4 Å². The molecule has 0 unspecified atom stereocenters. The average molecular weight is 912 g/mol. The highest BCUT2D eigenvalue weighted by atomic mass is 32.2. The lowest BCUT2D eigenvalue weighted by molar-refractivity contribution is -0.120. The van der Waals surface area contributed by atoms with Crippen molar-refractivity contribution in [3.8, 4) is 17.6 Å². The summed E-state index contributed by atoms with van der Waals surface area (Å²) in [5.41, 5.74) is 0.507. The molecule has 5 aromatic rings. The highest BCUT2D eigenvalue weighted by molar-refractivity contribution is 7.90. The second-order valence-corrected chi connectivity index (χ2v) is 19.8. The van der Waals surface area contributed by atoms with Crippen LogP contribution in [0.25, 0.3) is 21.8 Å². The molecule has 1 aliphatic carbocycles. The zero-order valence-corrected chi connectivity index (χ0v) is 36.8. The molecule has 3 aromatic carbocycles. The van der Waals surface area contributed by atoms with Crippen LogP contribution in [0.3, 0.4) is 0 Å². The summed E-state index contributed by atoms with van der Waals surface area (Å²) < 4.78 is 75.1. The molecule has 1 saturated carbocycles. The van der Waals surface area contributed by atoms with Gasteiger partial charge >= 0.3 is 16.2 Å². The molecule has 0 radical (unpaired) electrons. The maximum absolute atomic E-state index is 15.7. The van der Waals surface area contributed by atoms with Gasteiger partial charge < -0.3 is 14.4 Å². The monoisotopic (exact) mass is 911 g/mol. The van der Waals surface area contributed by atoms with Crippen LogP contribution in [0.2, 0.25) is 0 Å². The van der Waals surface area contributed by atoms with Crippen LogP contribution in [0, 0.1) is 28.4 Å². The van der Waals surface area contributed by atoms with Crippen LogP contribution in [0.1, 0.15) is 57.1 Å². The third-order valence-electron chi connectivity index (χ3n) is 13.9. The molecule has 2 aromatic heterocycles. The van der Waals surface area contributed by atoms with Gasteiger partial charge in [0.1, 0.15) is 23.2 Å². The number of imide groups is 1. The normalized spacial score (nSPS) is 23.3. The molecule has 2 spiro atoms. The molecule has 5 fully saturated rings. The summed E-state index contributed by atoms with van der Waals surface area (Å²) in [4.78, 5) is 48.7. The van der Waals surface area contributed by atoms with Crippen LogP contribution >= 0.6 is 0 Å². The number of rotatable bonds is 10. The van der Waals surface area contributed by atoms with Gasteiger partial charge in [-0.15, -0.1) is 0 Å². The first kappa shape index (κ1) is 42.7. The minimum Gasteiger partial charge on any atom is -0.453 e. The van der Waals surface area contributed by atoms with E-state index in [0.29, 0.717) is 47.0 Å². The van der Waals surface area contributed by atoms with Crippen molar-refractivity contribution < 1.29 is 36.3 Å². The molecular weight excluding hydrogens is 865 g/mol. The summed E-state index contributed by atoms with van der Waals surface area (Å²) in [7, 11) is -0.901. The highest BCUT2D eigenvalue weighted by Crippen LogP contribution is 2.49. The Kier molecular flexibility index (Phi) is 10.4. The van der Waals surface area contributed by atoms with Crippen molar-refractivity contribution in [3.05, 3.63) is 76.3 Å². The van der Waals surface area contributed by atoms with Gasteiger partial charge in [-0.25, -0.2) is 18.6 Å². The molecule has 340 valence electrons. The maximum atomic E-state index is 15.7. The number of fused-ring (bicyclic) bond motifs is 2. The van der Waals surface area contributed by atoms with Crippen molar-refractivity contribution in [1.29, 1.82) is 5.26 Å². The summed E-state index contributed by atoms with van der Waals surface area (Å²) in [6.07, 6.45) is 5.92. The van der Waals surface area contributed by atoms with E-state index in [0.717, 1.165) is 68.3 Å². The van der Waals surface area contributed by atoms with Crippen LogP contribution in [0.15, 0.2) is 53.6 Å². The Balaban J connectivity index is 0.759. The number of likely N-dealkylation sites (tertiary alicyclic amines) is 1. The summed E-state index contributed by atoms with van der Waals surface area (Å²) in [6, 6.07) is 11.3. The SMILES string of the molecule is CCN(C)S(=O)(=O)Nc1ccc(F)c(Oc2ccc3ncn([C@H]4COC5(CCC(N6CC7(CN(c8cc9c(cc8F)c(N8CCC(=O)NC8=O)nn9C)C7)C6)CC5)C4)c(=O)c3c2)c1C#N. The molecule has 21 heteroatoms. The van der Waals surface area contributed by atoms with E-state index in [4.69, 9.17) is 9.47 Å². The minimum absolute atomic E-state index is 0.0639. The zero-order chi connectivity index (χ0) is 45.6. The van der Waals surface area contributed by atoms with Gasteiger partial charge in [0.2, 0.25) is 5.91 Å². The van der Waals surface area contributed by atoms with E-state index in [1.165, 1.54) is 36.5 Å². The Bertz CT molecular complexity index is 3000. The topological polar surface area (TPSA) is 200 Å². The predicted octanol–water partition coefficient (Wildman–Crippen LogP) is 4.75. The number of carbonyl (C=O) groups is 2. The Labute approximate surface area is 372 Å². The molecule has 0 bridgehead atoms. The van der Waals surface area contributed by atoms with Crippen LogP contribution < -0.4 is 30.1 Å². The number of carbonyl (C=O) groups excluding carboxylic acids is 2. The second-order valence-electron chi connectivity index (χ2n) is 18.0. The summed E-state index contributed by atoms with van der Waals surface area (Å²) >= 11 is 0. The standard InChI is InChI=1S/C44H47F2N11O7S/c1-4-52(2)65(61,62)51-35-8-6-32(45)39(31(35)19-47)64-28-5-7-34-29(15-28)41(59)57(25-48-34)27-18-44(63-20-27)12-9-26(10-13-44)54-21-43(22-54)23-55(24-43)37-17-36-30(16-33(37)46)40(50-53(36)3)56-14-11-38(58)49-42(56)60/h5-8,15-17,25-27,51H,4,9-14,18,20-24H2,1-3H3,(H,49,58,60)/t26?,27-,44?/m1/s1. The van der Waals surface area contributed by atoms with E-state index < -0.39 is 27.8 Å². The Morgan fingerprint density at radius 1 is 1.03 bits per heavy atom. The molecule has 4 aliphatic heterocycles. The number of nitrogens with one attached hydrogen (secondary N) is 2. The molecule has 1 atom stereocenters. The third kappa shape index (κ3) is 7.41. The van der Waals surface area contributed by atoms with Crippen LogP contribution in [0.5, 0.6) is 11.5 Å². The van der Waals surface area contributed by atoms with E-state index in [1.807, 2.05) is 6.07 Å².